The van der Waals surface area contributed by atoms with Crippen molar-refractivity contribution in [3.8, 4) is 5.75 Å². The Hall–Kier alpha value is -1.06. The molecule has 1 saturated carbocycles. The monoisotopic (exact) mass is 262 g/mol. The fourth-order valence-electron chi connectivity index (χ4n) is 3.07. The van der Waals surface area contributed by atoms with Crippen LogP contribution < -0.4 is 16.0 Å². The van der Waals surface area contributed by atoms with E-state index in [1.54, 1.807) is 7.11 Å². The molecule has 106 valence electrons. The van der Waals surface area contributed by atoms with Gasteiger partial charge in [-0.15, -0.1) is 0 Å². The van der Waals surface area contributed by atoms with Crippen LogP contribution >= 0.6 is 0 Å². The molecule has 1 unspecified atom stereocenters. The van der Waals surface area contributed by atoms with Crippen LogP contribution in [0.4, 0.5) is 0 Å². The summed E-state index contributed by atoms with van der Waals surface area (Å²) in [6, 6.07) is 8.49. The second-order valence-corrected chi connectivity index (χ2v) is 5.59. The summed E-state index contributed by atoms with van der Waals surface area (Å²) in [6.07, 6.45) is 9.42. The lowest BCUT2D eigenvalue weighted by Crippen LogP contribution is -2.29. The molecule has 0 bridgehead atoms. The number of rotatable bonds is 5. The van der Waals surface area contributed by atoms with E-state index in [1.807, 2.05) is 12.1 Å². The third kappa shape index (κ3) is 4.22. The van der Waals surface area contributed by atoms with Gasteiger partial charge in [-0.2, -0.15) is 0 Å². The second kappa shape index (κ2) is 7.51. The van der Waals surface area contributed by atoms with Crippen LogP contribution in [0.15, 0.2) is 24.3 Å². The number of ether oxygens (including phenoxy) is 1. The molecular weight excluding hydrogens is 236 g/mol. The Morgan fingerprint density at radius 3 is 2.32 bits per heavy atom. The molecule has 1 atom stereocenters. The quantitative estimate of drug-likeness (QED) is 0.484. The fraction of sp³-hybridized carbons (Fsp3) is 0.625. The van der Waals surface area contributed by atoms with Crippen LogP contribution in [0, 0.1) is 5.92 Å². The molecule has 3 nitrogen and oxygen atoms in total. The molecule has 0 spiro atoms. The molecule has 1 aromatic carbocycles. The zero-order chi connectivity index (χ0) is 13.5. The molecule has 1 aromatic rings. The summed E-state index contributed by atoms with van der Waals surface area (Å²) in [6.45, 7) is 0. The summed E-state index contributed by atoms with van der Waals surface area (Å²) >= 11 is 0. The summed E-state index contributed by atoms with van der Waals surface area (Å²) in [5, 5.41) is 0. The highest BCUT2D eigenvalue weighted by Gasteiger charge is 2.18. The van der Waals surface area contributed by atoms with E-state index in [4.69, 9.17) is 10.6 Å². The summed E-state index contributed by atoms with van der Waals surface area (Å²) < 4.78 is 5.20. The van der Waals surface area contributed by atoms with E-state index in [2.05, 4.69) is 17.6 Å². The van der Waals surface area contributed by atoms with Crippen molar-refractivity contribution < 1.29 is 4.74 Å². The Kier molecular flexibility index (Phi) is 5.67. The molecular formula is C16H26N2O. The minimum atomic E-state index is 0.258. The van der Waals surface area contributed by atoms with Crippen molar-refractivity contribution in [2.24, 2.45) is 11.8 Å². The van der Waals surface area contributed by atoms with Gasteiger partial charge in [0, 0.05) is 6.04 Å². The van der Waals surface area contributed by atoms with Gasteiger partial charge in [-0.25, -0.2) is 0 Å². The largest absolute Gasteiger partial charge is 0.497 e. The van der Waals surface area contributed by atoms with Crippen LogP contribution in [0.25, 0.3) is 0 Å². The van der Waals surface area contributed by atoms with Crippen LogP contribution in [0.1, 0.15) is 56.6 Å². The maximum Gasteiger partial charge on any atom is 0.118 e. The van der Waals surface area contributed by atoms with Gasteiger partial charge in [-0.05, 0) is 30.0 Å². The highest BCUT2D eigenvalue weighted by Crippen LogP contribution is 2.31. The maximum absolute atomic E-state index is 5.75. The fourth-order valence-corrected chi connectivity index (χ4v) is 3.07. The molecule has 2 rings (SSSR count). The Balaban J connectivity index is 1.97. The molecule has 3 N–H and O–H groups in total. The van der Waals surface area contributed by atoms with Crippen molar-refractivity contribution >= 4 is 0 Å². The van der Waals surface area contributed by atoms with Crippen LogP contribution in [-0.4, -0.2) is 7.11 Å². The molecule has 0 heterocycles. The third-order valence-corrected chi connectivity index (χ3v) is 4.26. The zero-order valence-electron chi connectivity index (χ0n) is 11.9. The first-order valence-electron chi connectivity index (χ1n) is 7.43. The summed E-state index contributed by atoms with van der Waals surface area (Å²) in [5.41, 5.74) is 4.24. The average Bonchev–Trinajstić information content (AvgIpc) is 2.73. The molecule has 0 aliphatic heterocycles. The summed E-state index contributed by atoms with van der Waals surface area (Å²) in [4.78, 5) is 0. The molecule has 0 saturated heterocycles. The Labute approximate surface area is 116 Å². The Morgan fingerprint density at radius 1 is 1.16 bits per heavy atom. The second-order valence-electron chi connectivity index (χ2n) is 5.59. The minimum absolute atomic E-state index is 0.258. The molecule has 1 aliphatic carbocycles. The van der Waals surface area contributed by atoms with Crippen LogP contribution in [0.5, 0.6) is 5.75 Å². The molecule has 0 aromatic heterocycles. The van der Waals surface area contributed by atoms with Gasteiger partial charge in [-0.1, -0.05) is 50.7 Å². The Bertz CT molecular complexity index is 356. The predicted octanol–water partition coefficient (Wildman–Crippen LogP) is 3.56. The molecule has 1 aliphatic rings. The van der Waals surface area contributed by atoms with Gasteiger partial charge >= 0.3 is 0 Å². The maximum atomic E-state index is 5.75. The summed E-state index contributed by atoms with van der Waals surface area (Å²) in [5.74, 6) is 7.46. The lowest BCUT2D eigenvalue weighted by atomic mass is 9.90. The lowest BCUT2D eigenvalue weighted by Gasteiger charge is -2.22. The molecule has 0 radical (unpaired) electrons. The molecule has 3 heteroatoms. The van der Waals surface area contributed by atoms with Crippen LogP contribution in [0.3, 0.4) is 0 Å². The normalized spacial score (nSPS) is 18.8. The van der Waals surface area contributed by atoms with Crippen molar-refractivity contribution in [3.63, 3.8) is 0 Å². The first-order valence-corrected chi connectivity index (χ1v) is 7.43. The van der Waals surface area contributed by atoms with Crippen molar-refractivity contribution in [1.82, 2.24) is 5.43 Å². The highest BCUT2D eigenvalue weighted by atomic mass is 16.5. The summed E-state index contributed by atoms with van der Waals surface area (Å²) in [7, 11) is 1.69. The number of nitrogens with two attached hydrogens (primary N) is 1. The SMILES string of the molecule is COc1ccc(C(CC2CCCCCC2)NN)cc1. The number of nitrogens with one attached hydrogen (secondary N) is 1. The zero-order valence-corrected chi connectivity index (χ0v) is 11.9. The average molecular weight is 262 g/mol. The van der Waals surface area contributed by atoms with E-state index < -0.39 is 0 Å². The van der Waals surface area contributed by atoms with E-state index >= 15 is 0 Å². The minimum Gasteiger partial charge on any atom is -0.497 e. The topological polar surface area (TPSA) is 47.3 Å². The highest BCUT2D eigenvalue weighted by molar-refractivity contribution is 5.29. The first kappa shape index (κ1) is 14.4. The van der Waals surface area contributed by atoms with E-state index in [1.165, 1.54) is 44.1 Å². The molecule has 0 amide bonds. The number of hydrogen-bond donors (Lipinski definition) is 2. The number of methoxy groups -OCH3 is 1. The van der Waals surface area contributed by atoms with E-state index in [-0.39, 0.29) is 6.04 Å². The number of hydrazine groups is 1. The molecule has 19 heavy (non-hydrogen) atoms. The van der Waals surface area contributed by atoms with Gasteiger partial charge in [0.25, 0.3) is 0 Å². The predicted molar refractivity (Wildman–Crippen MR) is 78.9 cm³/mol. The van der Waals surface area contributed by atoms with Gasteiger partial charge in [0.15, 0.2) is 0 Å². The van der Waals surface area contributed by atoms with E-state index in [0.717, 1.165) is 18.1 Å². The number of benzene rings is 1. The van der Waals surface area contributed by atoms with Gasteiger partial charge < -0.3 is 4.74 Å². The van der Waals surface area contributed by atoms with E-state index in [9.17, 15) is 0 Å². The van der Waals surface area contributed by atoms with Gasteiger partial charge in [0.05, 0.1) is 7.11 Å². The van der Waals surface area contributed by atoms with Crippen molar-refractivity contribution in [1.29, 1.82) is 0 Å². The van der Waals surface area contributed by atoms with Crippen LogP contribution in [-0.2, 0) is 0 Å². The standard InChI is InChI=1S/C16H26N2O/c1-19-15-10-8-14(9-11-15)16(18-17)12-13-6-4-2-3-5-7-13/h8-11,13,16,18H,2-7,12,17H2,1H3. The molecule has 1 fully saturated rings. The lowest BCUT2D eigenvalue weighted by molar-refractivity contribution is 0.358. The first-order chi connectivity index (χ1) is 9.33. The van der Waals surface area contributed by atoms with Gasteiger partial charge in [0.2, 0.25) is 0 Å². The third-order valence-electron chi connectivity index (χ3n) is 4.26. The smallest absolute Gasteiger partial charge is 0.118 e. The van der Waals surface area contributed by atoms with Crippen molar-refractivity contribution in [2.45, 2.75) is 51.0 Å². The van der Waals surface area contributed by atoms with Gasteiger partial charge in [-0.3, -0.25) is 11.3 Å². The number of hydrogen-bond acceptors (Lipinski definition) is 3. The van der Waals surface area contributed by atoms with Gasteiger partial charge in [0.1, 0.15) is 5.75 Å². The Morgan fingerprint density at radius 2 is 1.79 bits per heavy atom. The van der Waals surface area contributed by atoms with Crippen molar-refractivity contribution in [2.75, 3.05) is 7.11 Å². The van der Waals surface area contributed by atoms with E-state index in [0.29, 0.717) is 0 Å². The van der Waals surface area contributed by atoms with Crippen LogP contribution in [0.2, 0.25) is 0 Å². The van der Waals surface area contributed by atoms with Crippen molar-refractivity contribution in [3.05, 3.63) is 29.8 Å².